The van der Waals surface area contributed by atoms with Gasteiger partial charge in [0, 0.05) is 12.6 Å². The van der Waals surface area contributed by atoms with Crippen LogP contribution in [0.15, 0.2) is 18.2 Å². The van der Waals surface area contributed by atoms with E-state index in [-0.39, 0.29) is 23.2 Å². The first-order chi connectivity index (χ1) is 9.08. The zero-order valence-electron chi connectivity index (χ0n) is 10.8. The van der Waals surface area contributed by atoms with Gasteiger partial charge in [-0.25, -0.2) is 0 Å². The van der Waals surface area contributed by atoms with Gasteiger partial charge in [-0.05, 0) is 37.9 Å². The third-order valence-corrected chi connectivity index (χ3v) is 3.27. The molecule has 0 unspecified atom stereocenters. The maximum atomic E-state index is 12.1. The van der Waals surface area contributed by atoms with Crippen LogP contribution in [-0.2, 0) is 4.79 Å². The van der Waals surface area contributed by atoms with Crippen molar-refractivity contribution in [3.63, 3.8) is 0 Å². The highest BCUT2D eigenvalue weighted by Crippen LogP contribution is 2.26. The van der Waals surface area contributed by atoms with Crippen molar-refractivity contribution in [1.29, 1.82) is 0 Å². The van der Waals surface area contributed by atoms with Crippen LogP contribution < -0.4 is 10.6 Å². The van der Waals surface area contributed by atoms with Gasteiger partial charge in [-0.3, -0.25) is 14.9 Å². The van der Waals surface area contributed by atoms with Crippen LogP contribution in [0.1, 0.15) is 18.4 Å². The van der Waals surface area contributed by atoms with Crippen molar-refractivity contribution in [2.75, 3.05) is 18.4 Å². The lowest BCUT2D eigenvalue weighted by molar-refractivity contribution is -0.383. The minimum Gasteiger partial charge on any atom is -0.320 e. The van der Waals surface area contributed by atoms with E-state index in [0.717, 1.165) is 24.9 Å². The molecule has 0 radical (unpaired) electrons. The number of hydrogen-bond donors (Lipinski definition) is 2. The molecule has 1 atom stereocenters. The summed E-state index contributed by atoms with van der Waals surface area (Å²) in [5.41, 5.74) is 1.09. The van der Waals surface area contributed by atoms with Crippen molar-refractivity contribution in [2.45, 2.75) is 19.8 Å². The first kappa shape index (κ1) is 13.5. The van der Waals surface area contributed by atoms with Gasteiger partial charge in [-0.15, -0.1) is 0 Å². The molecule has 102 valence electrons. The Morgan fingerprint density at radius 1 is 1.53 bits per heavy atom. The van der Waals surface area contributed by atoms with Gasteiger partial charge in [0.05, 0.1) is 10.8 Å². The molecular formula is C13H17N3O3. The van der Waals surface area contributed by atoms with E-state index in [2.05, 4.69) is 10.6 Å². The fraction of sp³-hybridized carbons (Fsp3) is 0.462. The van der Waals surface area contributed by atoms with Crippen LogP contribution in [0.5, 0.6) is 0 Å². The lowest BCUT2D eigenvalue weighted by atomic mass is 9.98. The van der Waals surface area contributed by atoms with E-state index in [1.54, 1.807) is 12.1 Å². The van der Waals surface area contributed by atoms with Gasteiger partial charge in [0.1, 0.15) is 5.69 Å². The highest BCUT2D eigenvalue weighted by molar-refractivity contribution is 5.95. The van der Waals surface area contributed by atoms with Crippen LogP contribution in [0.3, 0.4) is 0 Å². The zero-order valence-corrected chi connectivity index (χ0v) is 10.8. The Balaban J connectivity index is 2.15. The highest BCUT2D eigenvalue weighted by Gasteiger charge is 2.23. The molecule has 0 spiro atoms. The van der Waals surface area contributed by atoms with E-state index in [4.69, 9.17) is 0 Å². The number of nitrogens with zero attached hydrogens (tertiary/aromatic N) is 1. The molecule has 0 aromatic heterocycles. The third kappa shape index (κ3) is 3.29. The fourth-order valence-electron chi connectivity index (χ4n) is 2.22. The standard InChI is InChI=1S/C13H17N3O3/c1-9-4-5-12(16(18)19)11(7-9)15-13(17)10-3-2-6-14-8-10/h4-5,7,10,14H,2-3,6,8H2,1H3,(H,15,17)/t10-/m1/s1. The molecular weight excluding hydrogens is 246 g/mol. The predicted molar refractivity (Wildman–Crippen MR) is 72.1 cm³/mol. The molecule has 1 saturated heterocycles. The molecule has 1 aliphatic heterocycles. The number of aryl methyl sites for hydroxylation is 1. The van der Waals surface area contributed by atoms with Gasteiger partial charge in [-0.2, -0.15) is 0 Å². The number of anilines is 1. The van der Waals surface area contributed by atoms with Crippen LogP contribution >= 0.6 is 0 Å². The quantitative estimate of drug-likeness (QED) is 0.643. The number of nitro benzene ring substituents is 1. The van der Waals surface area contributed by atoms with Gasteiger partial charge in [0.15, 0.2) is 0 Å². The number of hydrogen-bond acceptors (Lipinski definition) is 4. The van der Waals surface area contributed by atoms with Crippen LogP contribution in [0.2, 0.25) is 0 Å². The molecule has 1 aliphatic rings. The number of carbonyl (C=O) groups is 1. The summed E-state index contributed by atoms with van der Waals surface area (Å²) in [6, 6.07) is 4.71. The van der Waals surface area contributed by atoms with Gasteiger partial charge < -0.3 is 10.6 Å². The molecule has 6 heteroatoms. The Bertz CT molecular complexity index is 496. The molecule has 19 heavy (non-hydrogen) atoms. The summed E-state index contributed by atoms with van der Waals surface area (Å²) in [6.45, 7) is 3.39. The van der Waals surface area contributed by atoms with Crippen molar-refractivity contribution in [2.24, 2.45) is 5.92 Å². The summed E-state index contributed by atoms with van der Waals surface area (Å²) < 4.78 is 0. The lowest BCUT2D eigenvalue weighted by Crippen LogP contribution is -2.37. The highest BCUT2D eigenvalue weighted by atomic mass is 16.6. The van der Waals surface area contributed by atoms with Gasteiger partial charge in [-0.1, -0.05) is 6.07 Å². The fourth-order valence-corrected chi connectivity index (χ4v) is 2.22. The van der Waals surface area contributed by atoms with Gasteiger partial charge >= 0.3 is 0 Å². The van der Waals surface area contributed by atoms with Crippen molar-refractivity contribution in [3.05, 3.63) is 33.9 Å². The largest absolute Gasteiger partial charge is 0.320 e. The molecule has 0 saturated carbocycles. The van der Waals surface area contributed by atoms with Crippen LogP contribution in [0, 0.1) is 23.0 Å². The first-order valence-corrected chi connectivity index (χ1v) is 6.34. The predicted octanol–water partition coefficient (Wildman–Crippen LogP) is 1.84. The molecule has 2 rings (SSSR count). The second-order valence-electron chi connectivity index (χ2n) is 4.81. The number of benzene rings is 1. The second kappa shape index (κ2) is 5.79. The SMILES string of the molecule is Cc1ccc([N+](=O)[O-])c(NC(=O)[C@@H]2CCCNC2)c1. The topological polar surface area (TPSA) is 84.3 Å². The average Bonchev–Trinajstić information content (AvgIpc) is 2.39. The maximum Gasteiger partial charge on any atom is 0.292 e. The maximum absolute atomic E-state index is 12.1. The number of piperidine rings is 1. The normalized spacial score (nSPS) is 18.9. The summed E-state index contributed by atoms with van der Waals surface area (Å²) in [5, 5.41) is 16.8. The van der Waals surface area contributed by atoms with Crippen molar-refractivity contribution < 1.29 is 9.72 Å². The van der Waals surface area contributed by atoms with Crippen molar-refractivity contribution in [3.8, 4) is 0 Å². The monoisotopic (exact) mass is 263 g/mol. The van der Waals surface area contributed by atoms with Crippen molar-refractivity contribution >= 4 is 17.3 Å². The first-order valence-electron chi connectivity index (χ1n) is 6.34. The Hall–Kier alpha value is -1.95. The molecule has 1 heterocycles. The lowest BCUT2D eigenvalue weighted by Gasteiger charge is -2.21. The summed E-state index contributed by atoms with van der Waals surface area (Å²) in [4.78, 5) is 22.5. The second-order valence-corrected chi connectivity index (χ2v) is 4.81. The zero-order chi connectivity index (χ0) is 13.8. The Morgan fingerprint density at radius 3 is 2.95 bits per heavy atom. The molecule has 2 N–H and O–H groups in total. The Labute approximate surface area is 111 Å². The molecule has 6 nitrogen and oxygen atoms in total. The van der Waals surface area contributed by atoms with E-state index < -0.39 is 4.92 Å². The molecule has 0 aliphatic carbocycles. The van der Waals surface area contributed by atoms with Gasteiger partial charge in [0.2, 0.25) is 5.91 Å². The summed E-state index contributed by atoms with van der Waals surface area (Å²) in [6.07, 6.45) is 1.77. The summed E-state index contributed by atoms with van der Waals surface area (Å²) >= 11 is 0. The molecule has 1 aromatic rings. The average molecular weight is 263 g/mol. The minimum absolute atomic E-state index is 0.0669. The van der Waals surface area contributed by atoms with E-state index in [0.29, 0.717) is 6.54 Å². The number of nitro groups is 1. The minimum atomic E-state index is -0.478. The van der Waals surface area contributed by atoms with E-state index in [9.17, 15) is 14.9 Å². The number of rotatable bonds is 3. The summed E-state index contributed by atoms with van der Waals surface area (Å²) in [5.74, 6) is -0.269. The van der Waals surface area contributed by atoms with E-state index in [1.165, 1.54) is 6.07 Å². The Morgan fingerprint density at radius 2 is 2.32 bits per heavy atom. The van der Waals surface area contributed by atoms with E-state index >= 15 is 0 Å². The molecule has 1 amide bonds. The van der Waals surface area contributed by atoms with Crippen LogP contribution in [0.4, 0.5) is 11.4 Å². The van der Waals surface area contributed by atoms with Gasteiger partial charge in [0.25, 0.3) is 5.69 Å². The molecule has 1 fully saturated rings. The third-order valence-electron chi connectivity index (χ3n) is 3.27. The summed E-state index contributed by atoms with van der Waals surface area (Å²) in [7, 11) is 0. The van der Waals surface area contributed by atoms with Crippen LogP contribution in [0.25, 0.3) is 0 Å². The number of carbonyl (C=O) groups excluding carboxylic acids is 1. The van der Waals surface area contributed by atoms with Crippen LogP contribution in [-0.4, -0.2) is 23.9 Å². The number of nitrogens with one attached hydrogen (secondary N) is 2. The smallest absolute Gasteiger partial charge is 0.292 e. The van der Waals surface area contributed by atoms with Crippen molar-refractivity contribution in [1.82, 2.24) is 5.32 Å². The number of amides is 1. The molecule has 1 aromatic carbocycles. The Kier molecular flexibility index (Phi) is 4.11. The molecule has 0 bridgehead atoms. The van der Waals surface area contributed by atoms with E-state index in [1.807, 2.05) is 6.92 Å².